The van der Waals surface area contributed by atoms with Crippen molar-refractivity contribution in [3.8, 4) is 0 Å². The molecule has 1 unspecified atom stereocenters. The average Bonchev–Trinajstić information content (AvgIpc) is 2.81. The van der Waals surface area contributed by atoms with Gasteiger partial charge in [-0.3, -0.25) is 0 Å². The Labute approximate surface area is 118 Å². The Kier molecular flexibility index (Phi) is 4.94. The van der Waals surface area contributed by atoms with E-state index in [1.807, 2.05) is 6.07 Å². The van der Waals surface area contributed by atoms with Crippen LogP contribution in [0, 0.1) is 11.7 Å². The summed E-state index contributed by atoms with van der Waals surface area (Å²) in [4.78, 5) is 1.33. The lowest BCUT2D eigenvalue weighted by Crippen LogP contribution is -2.26. The summed E-state index contributed by atoms with van der Waals surface area (Å²) in [6.07, 6.45) is 2.33. The van der Waals surface area contributed by atoms with Crippen molar-refractivity contribution in [2.75, 3.05) is 6.54 Å². The summed E-state index contributed by atoms with van der Waals surface area (Å²) in [7, 11) is 0. The fourth-order valence-electron chi connectivity index (χ4n) is 2.66. The second kappa shape index (κ2) is 6.49. The van der Waals surface area contributed by atoms with Crippen LogP contribution in [0.15, 0.2) is 24.3 Å². The zero-order valence-corrected chi connectivity index (χ0v) is 12.7. The van der Waals surface area contributed by atoms with Crippen molar-refractivity contribution >= 4 is 21.4 Å². The second-order valence-corrected chi connectivity index (χ2v) is 6.06. The number of hydrogen-bond acceptors (Lipinski definition) is 2. The van der Waals surface area contributed by atoms with Crippen LogP contribution in [-0.2, 0) is 0 Å². The minimum Gasteiger partial charge on any atom is -0.309 e. The number of hydrogen-bond donors (Lipinski definition) is 1. The summed E-state index contributed by atoms with van der Waals surface area (Å²) in [6, 6.07) is 7.66. The standard InChI is InChI=1S/C16H22FNS/c1-4-11(5-2)16(18-6-3)15-9-12-7-8-13(17)10-14(12)19-15/h7-11,16,18H,4-6H2,1-3H3. The maximum Gasteiger partial charge on any atom is 0.124 e. The van der Waals surface area contributed by atoms with Crippen LogP contribution in [0.1, 0.15) is 44.5 Å². The molecule has 0 bridgehead atoms. The van der Waals surface area contributed by atoms with E-state index in [4.69, 9.17) is 0 Å². The Balaban J connectivity index is 2.38. The molecule has 19 heavy (non-hydrogen) atoms. The second-order valence-electron chi connectivity index (χ2n) is 4.94. The third kappa shape index (κ3) is 3.15. The van der Waals surface area contributed by atoms with Crippen LogP contribution < -0.4 is 5.32 Å². The molecule has 1 heterocycles. The third-order valence-corrected chi connectivity index (χ3v) is 4.93. The van der Waals surface area contributed by atoms with Crippen LogP contribution in [0.4, 0.5) is 4.39 Å². The highest BCUT2D eigenvalue weighted by molar-refractivity contribution is 7.19. The molecule has 0 saturated carbocycles. The number of fused-ring (bicyclic) bond motifs is 1. The van der Waals surface area contributed by atoms with Gasteiger partial charge in [-0.05, 0) is 36.0 Å². The molecule has 0 fully saturated rings. The topological polar surface area (TPSA) is 12.0 Å². The summed E-state index contributed by atoms with van der Waals surface area (Å²) in [6.45, 7) is 7.59. The molecule has 2 rings (SSSR count). The summed E-state index contributed by atoms with van der Waals surface area (Å²) in [5.74, 6) is 0.487. The number of thiophene rings is 1. The largest absolute Gasteiger partial charge is 0.309 e. The van der Waals surface area contributed by atoms with E-state index in [2.05, 4.69) is 32.2 Å². The maximum atomic E-state index is 13.3. The first-order valence-corrected chi connectivity index (χ1v) is 7.93. The average molecular weight is 279 g/mol. The Morgan fingerprint density at radius 1 is 1.16 bits per heavy atom. The lowest BCUT2D eigenvalue weighted by atomic mass is 9.93. The van der Waals surface area contributed by atoms with Gasteiger partial charge in [0.05, 0.1) is 0 Å². The maximum absolute atomic E-state index is 13.3. The van der Waals surface area contributed by atoms with Crippen molar-refractivity contribution in [2.45, 2.75) is 39.7 Å². The normalized spacial score (nSPS) is 13.3. The molecule has 1 N–H and O–H groups in total. The number of halogens is 1. The van der Waals surface area contributed by atoms with E-state index in [1.165, 1.54) is 10.9 Å². The van der Waals surface area contributed by atoms with Gasteiger partial charge in [0, 0.05) is 15.6 Å². The molecular weight excluding hydrogens is 257 g/mol. The van der Waals surface area contributed by atoms with Gasteiger partial charge in [-0.2, -0.15) is 0 Å². The third-order valence-electron chi connectivity index (χ3n) is 3.75. The molecule has 2 aromatic rings. The number of benzene rings is 1. The monoisotopic (exact) mass is 279 g/mol. The predicted molar refractivity (Wildman–Crippen MR) is 82.3 cm³/mol. The van der Waals surface area contributed by atoms with Crippen molar-refractivity contribution in [3.63, 3.8) is 0 Å². The van der Waals surface area contributed by atoms with Gasteiger partial charge in [-0.1, -0.05) is 39.7 Å². The highest BCUT2D eigenvalue weighted by Gasteiger charge is 2.21. The van der Waals surface area contributed by atoms with Gasteiger partial charge in [-0.15, -0.1) is 11.3 Å². The van der Waals surface area contributed by atoms with Gasteiger partial charge in [0.15, 0.2) is 0 Å². The molecule has 1 atom stereocenters. The SMILES string of the molecule is CCNC(c1cc2ccc(F)cc2s1)C(CC)CC. The summed E-state index contributed by atoms with van der Waals surface area (Å²) >= 11 is 1.72. The predicted octanol–water partition coefficient (Wildman–Crippen LogP) is 5.13. The van der Waals surface area contributed by atoms with Crippen molar-refractivity contribution in [3.05, 3.63) is 35.0 Å². The highest BCUT2D eigenvalue weighted by Crippen LogP contribution is 2.35. The van der Waals surface area contributed by atoms with E-state index in [0.717, 1.165) is 29.5 Å². The van der Waals surface area contributed by atoms with Crippen molar-refractivity contribution < 1.29 is 4.39 Å². The molecule has 0 saturated heterocycles. The molecule has 0 radical (unpaired) electrons. The van der Waals surface area contributed by atoms with E-state index >= 15 is 0 Å². The van der Waals surface area contributed by atoms with Gasteiger partial charge in [-0.25, -0.2) is 4.39 Å². The number of nitrogens with one attached hydrogen (secondary N) is 1. The first-order chi connectivity index (χ1) is 9.19. The molecule has 0 amide bonds. The lowest BCUT2D eigenvalue weighted by Gasteiger charge is -2.25. The molecule has 1 aromatic heterocycles. The first-order valence-electron chi connectivity index (χ1n) is 7.11. The van der Waals surface area contributed by atoms with Crippen LogP contribution in [0.2, 0.25) is 0 Å². The number of rotatable bonds is 6. The summed E-state index contributed by atoms with van der Waals surface area (Å²) < 4.78 is 14.3. The van der Waals surface area contributed by atoms with Gasteiger partial charge >= 0.3 is 0 Å². The Hall–Kier alpha value is -0.930. The van der Waals surface area contributed by atoms with Gasteiger partial charge < -0.3 is 5.32 Å². The van der Waals surface area contributed by atoms with Crippen LogP contribution in [0.25, 0.3) is 10.1 Å². The summed E-state index contributed by atoms with van der Waals surface area (Å²) in [5.41, 5.74) is 0. The molecule has 0 aliphatic heterocycles. The molecule has 0 aliphatic carbocycles. The quantitative estimate of drug-likeness (QED) is 0.773. The van der Waals surface area contributed by atoms with Crippen molar-refractivity contribution in [1.29, 1.82) is 0 Å². The molecule has 1 aromatic carbocycles. The van der Waals surface area contributed by atoms with E-state index in [0.29, 0.717) is 12.0 Å². The Bertz CT molecular complexity index is 531. The van der Waals surface area contributed by atoms with Gasteiger partial charge in [0.1, 0.15) is 5.82 Å². The zero-order valence-electron chi connectivity index (χ0n) is 11.9. The fourth-order valence-corrected chi connectivity index (χ4v) is 3.92. The molecular formula is C16H22FNS. The van der Waals surface area contributed by atoms with Gasteiger partial charge in [0.2, 0.25) is 0 Å². The first kappa shape index (κ1) is 14.5. The van der Waals surface area contributed by atoms with E-state index in [1.54, 1.807) is 17.4 Å². The molecule has 0 aliphatic rings. The van der Waals surface area contributed by atoms with E-state index in [9.17, 15) is 4.39 Å². The van der Waals surface area contributed by atoms with E-state index < -0.39 is 0 Å². The smallest absolute Gasteiger partial charge is 0.124 e. The zero-order chi connectivity index (χ0) is 13.8. The fraction of sp³-hybridized carbons (Fsp3) is 0.500. The lowest BCUT2D eigenvalue weighted by molar-refractivity contribution is 0.351. The Morgan fingerprint density at radius 3 is 2.53 bits per heavy atom. The van der Waals surface area contributed by atoms with Crippen LogP contribution in [0.3, 0.4) is 0 Å². The molecule has 1 nitrogen and oxygen atoms in total. The van der Waals surface area contributed by atoms with E-state index in [-0.39, 0.29) is 5.82 Å². The Morgan fingerprint density at radius 2 is 1.89 bits per heavy atom. The minimum atomic E-state index is -0.150. The van der Waals surface area contributed by atoms with Crippen molar-refractivity contribution in [1.82, 2.24) is 5.32 Å². The van der Waals surface area contributed by atoms with Crippen LogP contribution in [-0.4, -0.2) is 6.54 Å². The van der Waals surface area contributed by atoms with Crippen molar-refractivity contribution in [2.24, 2.45) is 5.92 Å². The van der Waals surface area contributed by atoms with Crippen LogP contribution in [0.5, 0.6) is 0 Å². The molecule has 0 spiro atoms. The summed E-state index contributed by atoms with van der Waals surface area (Å²) in [5, 5.41) is 4.74. The molecule has 3 heteroatoms. The van der Waals surface area contributed by atoms with Crippen LogP contribution >= 0.6 is 11.3 Å². The minimum absolute atomic E-state index is 0.150. The highest BCUT2D eigenvalue weighted by atomic mass is 32.1. The molecule has 104 valence electrons. The van der Waals surface area contributed by atoms with Gasteiger partial charge in [0.25, 0.3) is 0 Å².